The van der Waals surface area contributed by atoms with Crippen LogP contribution in [0.25, 0.3) is 16.0 Å². The number of nitrogens with zero attached hydrogens (tertiary/aromatic N) is 3. The molecule has 3 heterocycles. The number of aromatic nitrogens is 4. The van der Waals surface area contributed by atoms with Gasteiger partial charge in [0, 0.05) is 4.88 Å². The van der Waals surface area contributed by atoms with Gasteiger partial charge in [0.2, 0.25) is 5.78 Å². The lowest BCUT2D eigenvalue weighted by molar-refractivity contribution is 0.700. The smallest absolute Gasteiger partial charge is 0.268 e. The zero-order valence-corrected chi connectivity index (χ0v) is 9.88. The molecule has 3 aromatic heterocycles. The Labute approximate surface area is 100 Å². The SMILES string of the molecule is O=c1c2c3c(sc2nc2[nH]ncn12)CCCC3. The van der Waals surface area contributed by atoms with Crippen molar-refractivity contribution in [2.45, 2.75) is 25.7 Å². The fourth-order valence-corrected chi connectivity index (χ4v) is 3.80. The van der Waals surface area contributed by atoms with Crippen molar-refractivity contribution in [3.8, 4) is 0 Å². The Bertz CT molecular complexity index is 782. The van der Waals surface area contributed by atoms with Crippen molar-refractivity contribution < 1.29 is 0 Å². The molecule has 1 aliphatic carbocycles. The summed E-state index contributed by atoms with van der Waals surface area (Å²) in [5.41, 5.74) is 1.24. The first kappa shape index (κ1) is 9.35. The van der Waals surface area contributed by atoms with Gasteiger partial charge in [0.05, 0.1) is 5.39 Å². The molecule has 5 nitrogen and oxygen atoms in total. The molecule has 0 bridgehead atoms. The van der Waals surface area contributed by atoms with Crippen LogP contribution >= 0.6 is 11.3 Å². The highest BCUT2D eigenvalue weighted by Crippen LogP contribution is 2.33. The third-order valence-corrected chi connectivity index (χ3v) is 4.54. The summed E-state index contributed by atoms with van der Waals surface area (Å²) >= 11 is 1.66. The van der Waals surface area contributed by atoms with E-state index in [0.717, 1.165) is 23.1 Å². The first-order chi connectivity index (χ1) is 8.34. The van der Waals surface area contributed by atoms with E-state index in [1.165, 1.54) is 34.0 Å². The highest BCUT2D eigenvalue weighted by molar-refractivity contribution is 7.18. The monoisotopic (exact) mass is 246 g/mol. The third-order valence-electron chi connectivity index (χ3n) is 3.36. The number of aromatic amines is 1. The number of H-pyrrole nitrogens is 1. The Hall–Kier alpha value is -1.69. The lowest BCUT2D eigenvalue weighted by Gasteiger charge is -2.09. The van der Waals surface area contributed by atoms with Crippen molar-refractivity contribution in [3.63, 3.8) is 0 Å². The van der Waals surface area contributed by atoms with Gasteiger partial charge in [-0.3, -0.25) is 4.79 Å². The van der Waals surface area contributed by atoms with Crippen LogP contribution in [0.2, 0.25) is 0 Å². The Kier molecular flexibility index (Phi) is 1.74. The predicted molar refractivity (Wildman–Crippen MR) is 65.6 cm³/mol. The van der Waals surface area contributed by atoms with E-state index in [9.17, 15) is 4.79 Å². The Balaban J connectivity index is 2.23. The molecule has 0 spiro atoms. The van der Waals surface area contributed by atoms with Crippen LogP contribution in [-0.2, 0) is 12.8 Å². The maximum absolute atomic E-state index is 12.4. The van der Waals surface area contributed by atoms with E-state index in [-0.39, 0.29) is 5.56 Å². The minimum Gasteiger partial charge on any atom is -0.268 e. The van der Waals surface area contributed by atoms with Crippen molar-refractivity contribution in [1.29, 1.82) is 0 Å². The summed E-state index contributed by atoms with van der Waals surface area (Å²) in [6.45, 7) is 0. The second kappa shape index (κ2) is 3.16. The maximum atomic E-state index is 12.4. The summed E-state index contributed by atoms with van der Waals surface area (Å²) in [7, 11) is 0. The Morgan fingerprint density at radius 3 is 3.18 bits per heavy atom. The molecule has 0 aromatic carbocycles. The van der Waals surface area contributed by atoms with Gasteiger partial charge in [-0.1, -0.05) is 0 Å². The van der Waals surface area contributed by atoms with Crippen LogP contribution in [0.4, 0.5) is 0 Å². The predicted octanol–water partition coefficient (Wildman–Crippen LogP) is 1.51. The molecule has 0 unspecified atom stereocenters. The van der Waals surface area contributed by atoms with Gasteiger partial charge in [-0.05, 0) is 31.2 Å². The van der Waals surface area contributed by atoms with E-state index in [2.05, 4.69) is 15.2 Å². The first-order valence-corrected chi connectivity index (χ1v) is 6.52. The molecule has 0 saturated heterocycles. The van der Waals surface area contributed by atoms with Gasteiger partial charge in [0.25, 0.3) is 5.56 Å². The molecule has 86 valence electrons. The quantitative estimate of drug-likeness (QED) is 0.654. The van der Waals surface area contributed by atoms with Gasteiger partial charge < -0.3 is 0 Å². The van der Waals surface area contributed by atoms with Crippen LogP contribution in [0.5, 0.6) is 0 Å². The molecule has 0 fully saturated rings. The largest absolute Gasteiger partial charge is 0.269 e. The van der Waals surface area contributed by atoms with Gasteiger partial charge >= 0.3 is 0 Å². The minimum atomic E-state index is 0.0122. The molecule has 17 heavy (non-hydrogen) atoms. The molecule has 0 radical (unpaired) electrons. The summed E-state index contributed by atoms with van der Waals surface area (Å²) in [6.07, 6.45) is 5.99. The number of aryl methyl sites for hydroxylation is 2. The van der Waals surface area contributed by atoms with Crippen molar-refractivity contribution in [1.82, 2.24) is 19.6 Å². The summed E-state index contributed by atoms with van der Waals surface area (Å²) < 4.78 is 1.49. The van der Waals surface area contributed by atoms with Crippen molar-refractivity contribution in [3.05, 3.63) is 27.1 Å². The number of thiophene rings is 1. The molecule has 1 N–H and O–H groups in total. The van der Waals surface area contributed by atoms with E-state index < -0.39 is 0 Å². The van der Waals surface area contributed by atoms with Crippen LogP contribution in [0.3, 0.4) is 0 Å². The molecule has 0 aliphatic heterocycles. The molecule has 6 heteroatoms. The fraction of sp³-hybridized carbons (Fsp3) is 0.364. The summed E-state index contributed by atoms with van der Waals surface area (Å²) in [5.74, 6) is 0.529. The van der Waals surface area contributed by atoms with Gasteiger partial charge in [-0.15, -0.1) is 11.3 Å². The lowest BCUT2D eigenvalue weighted by Crippen LogP contribution is -2.14. The molecule has 0 saturated carbocycles. The van der Waals surface area contributed by atoms with Gasteiger partial charge in [-0.25, -0.2) is 14.5 Å². The second-order valence-corrected chi connectivity index (χ2v) is 5.44. The van der Waals surface area contributed by atoms with Crippen LogP contribution in [-0.4, -0.2) is 19.6 Å². The van der Waals surface area contributed by atoms with Crippen molar-refractivity contribution >= 4 is 27.3 Å². The zero-order chi connectivity index (χ0) is 11.4. The van der Waals surface area contributed by atoms with Crippen LogP contribution in [0.1, 0.15) is 23.3 Å². The molecular formula is C11H10N4OS. The minimum absolute atomic E-state index is 0.0122. The highest BCUT2D eigenvalue weighted by atomic mass is 32.1. The normalized spacial score (nSPS) is 15.5. The lowest BCUT2D eigenvalue weighted by atomic mass is 9.97. The molecule has 3 aromatic rings. The van der Waals surface area contributed by atoms with E-state index in [0.29, 0.717) is 5.78 Å². The fourth-order valence-electron chi connectivity index (χ4n) is 2.55. The molecule has 0 amide bonds. The highest BCUT2D eigenvalue weighted by Gasteiger charge is 2.20. The van der Waals surface area contributed by atoms with Crippen LogP contribution in [0.15, 0.2) is 11.1 Å². The van der Waals surface area contributed by atoms with E-state index in [1.807, 2.05) is 0 Å². The van der Waals surface area contributed by atoms with Crippen molar-refractivity contribution in [2.24, 2.45) is 0 Å². The van der Waals surface area contributed by atoms with Gasteiger partial charge in [0.1, 0.15) is 11.2 Å². The third kappa shape index (κ3) is 1.16. The summed E-state index contributed by atoms with van der Waals surface area (Å²) in [4.78, 5) is 19.0. The van der Waals surface area contributed by atoms with Crippen LogP contribution in [0, 0.1) is 0 Å². The number of rotatable bonds is 0. The average molecular weight is 246 g/mol. The van der Waals surface area contributed by atoms with E-state index in [4.69, 9.17) is 0 Å². The number of hydrogen-bond donors (Lipinski definition) is 1. The average Bonchev–Trinajstić information content (AvgIpc) is 2.92. The topological polar surface area (TPSA) is 63.0 Å². The van der Waals surface area contributed by atoms with E-state index in [1.54, 1.807) is 11.3 Å². The second-order valence-electron chi connectivity index (χ2n) is 4.36. The molecule has 0 atom stereocenters. The number of fused-ring (bicyclic) bond motifs is 4. The van der Waals surface area contributed by atoms with E-state index >= 15 is 0 Å². The summed E-state index contributed by atoms with van der Waals surface area (Å²) in [5, 5.41) is 7.41. The van der Waals surface area contributed by atoms with Crippen molar-refractivity contribution in [2.75, 3.05) is 0 Å². The number of nitrogens with one attached hydrogen (secondary N) is 1. The van der Waals surface area contributed by atoms with Gasteiger partial charge in [-0.2, -0.15) is 5.10 Å². The Morgan fingerprint density at radius 2 is 2.24 bits per heavy atom. The number of hydrogen-bond acceptors (Lipinski definition) is 4. The standard InChI is InChI=1S/C11H10N4OS/c16-10-8-6-3-1-2-4-7(6)17-9(8)13-11-14-12-5-15(10)11/h5H,1-4H2,(H,13,14). The maximum Gasteiger partial charge on any atom is 0.269 e. The van der Waals surface area contributed by atoms with Crippen LogP contribution < -0.4 is 5.56 Å². The molecular weight excluding hydrogens is 236 g/mol. The molecule has 4 rings (SSSR count). The first-order valence-electron chi connectivity index (χ1n) is 5.70. The molecule has 1 aliphatic rings. The zero-order valence-electron chi connectivity index (χ0n) is 9.06. The Morgan fingerprint density at radius 1 is 1.35 bits per heavy atom. The van der Waals surface area contributed by atoms with Gasteiger partial charge in [0.15, 0.2) is 0 Å². The summed E-state index contributed by atoms with van der Waals surface area (Å²) in [6, 6.07) is 0.